The van der Waals surface area contributed by atoms with E-state index in [4.69, 9.17) is 16.3 Å². The average Bonchev–Trinajstić information content (AvgIpc) is 2.52. The second kappa shape index (κ2) is 8.36. The van der Waals surface area contributed by atoms with Gasteiger partial charge < -0.3 is 15.4 Å². The largest absolute Gasteiger partial charge is 0.481 e. The third kappa shape index (κ3) is 5.47. The Morgan fingerprint density at radius 2 is 1.84 bits per heavy atom. The summed E-state index contributed by atoms with van der Waals surface area (Å²) in [6.45, 7) is 4.91. The van der Waals surface area contributed by atoms with E-state index in [1.54, 1.807) is 43.3 Å². The highest BCUT2D eigenvalue weighted by atomic mass is 79.9. The molecule has 0 radical (unpaired) electrons. The van der Waals surface area contributed by atoms with Crippen LogP contribution in [-0.4, -0.2) is 17.9 Å². The highest BCUT2D eigenvalue weighted by Gasteiger charge is 2.18. The molecule has 0 heterocycles. The van der Waals surface area contributed by atoms with Gasteiger partial charge in [0.25, 0.3) is 5.91 Å². The Bertz CT molecular complexity index is 811. The van der Waals surface area contributed by atoms with Crippen LogP contribution in [0.1, 0.15) is 19.4 Å². The van der Waals surface area contributed by atoms with E-state index in [2.05, 4.69) is 26.6 Å². The predicted octanol–water partition coefficient (Wildman–Crippen LogP) is 4.78. The van der Waals surface area contributed by atoms with Crippen LogP contribution in [0, 0.1) is 6.92 Å². The van der Waals surface area contributed by atoms with Gasteiger partial charge in [-0.3, -0.25) is 9.59 Å². The molecule has 0 aliphatic rings. The number of benzene rings is 2. The first-order valence-electron chi connectivity index (χ1n) is 7.57. The van der Waals surface area contributed by atoms with E-state index in [0.717, 1.165) is 10.0 Å². The summed E-state index contributed by atoms with van der Waals surface area (Å²) < 4.78 is 6.49. The number of hydrogen-bond donors (Lipinski definition) is 2. The molecule has 7 heteroatoms. The van der Waals surface area contributed by atoms with Gasteiger partial charge in [-0.1, -0.05) is 27.5 Å². The van der Waals surface area contributed by atoms with Gasteiger partial charge in [0.2, 0.25) is 5.91 Å². The molecule has 132 valence electrons. The first kappa shape index (κ1) is 19.3. The fourth-order valence-electron chi connectivity index (χ4n) is 2.14. The van der Waals surface area contributed by atoms with E-state index >= 15 is 0 Å². The lowest BCUT2D eigenvalue weighted by Gasteiger charge is -2.18. The predicted molar refractivity (Wildman–Crippen MR) is 103 cm³/mol. The first-order chi connectivity index (χ1) is 11.8. The van der Waals surface area contributed by atoms with Crippen LogP contribution in [0.3, 0.4) is 0 Å². The summed E-state index contributed by atoms with van der Waals surface area (Å²) in [5.41, 5.74) is 1.84. The number of ether oxygens (including phenoxy) is 1. The van der Waals surface area contributed by atoms with E-state index in [-0.39, 0.29) is 11.8 Å². The first-order valence-corrected chi connectivity index (χ1v) is 8.74. The van der Waals surface area contributed by atoms with E-state index in [1.165, 1.54) is 6.92 Å². The van der Waals surface area contributed by atoms with Crippen molar-refractivity contribution in [2.24, 2.45) is 0 Å². The molecule has 0 aliphatic carbocycles. The zero-order valence-corrected chi connectivity index (χ0v) is 16.4. The lowest BCUT2D eigenvalue weighted by Crippen LogP contribution is -2.30. The highest BCUT2D eigenvalue weighted by Crippen LogP contribution is 2.27. The van der Waals surface area contributed by atoms with Crippen molar-refractivity contribution >= 4 is 50.7 Å². The minimum absolute atomic E-state index is 0.223. The molecule has 0 spiro atoms. The van der Waals surface area contributed by atoms with Gasteiger partial charge in [0, 0.05) is 16.4 Å². The Balaban J connectivity index is 2.13. The number of anilines is 2. The molecule has 0 aliphatic heterocycles. The topological polar surface area (TPSA) is 67.4 Å². The molecule has 2 amide bonds. The quantitative estimate of drug-likeness (QED) is 0.725. The zero-order chi connectivity index (χ0) is 18.6. The van der Waals surface area contributed by atoms with Gasteiger partial charge in [-0.15, -0.1) is 0 Å². The molecule has 1 atom stereocenters. The van der Waals surface area contributed by atoms with Crippen LogP contribution in [0.4, 0.5) is 11.4 Å². The zero-order valence-electron chi connectivity index (χ0n) is 14.0. The smallest absolute Gasteiger partial charge is 0.265 e. The summed E-state index contributed by atoms with van der Waals surface area (Å²) in [6.07, 6.45) is -0.732. The minimum Gasteiger partial charge on any atom is -0.481 e. The monoisotopic (exact) mass is 424 g/mol. The molecule has 2 aromatic carbocycles. The van der Waals surface area contributed by atoms with Crippen LogP contribution in [-0.2, 0) is 9.59 Å². The van der Waals surface area contributed by atoms with Crippen molar-refractivity contribution in [3.63, 3.8) is 0 Å². The Kier molecular flexibility index (Phi) is 6.45. The molecule has 2 rings (SSSR count). The molecule has 0 fully saturated rings. The maximum absolute atomic E-state index is 12.5. The highest BCUT2D eigenvalue weighted by molar-refractivity contribution is 9.10. The fraction of sp³-hybridized carbons (Fsp3) is 0.222. The third-order valence-corrected chi connectivity index (χ3v) is 4.09. The maximum Gasteiger partial charge on any atom is 0.265 e. The molecule has 0 saturated heterocycles. The molecule has 0 saturated carbocycles. The maximum atomic E-state index is 12.5. The minimum atomic E-state index is -0.732. The van der Waals surface area contributed by atoms with Crippen molar-refractivity contribution in [2.75, 3.05) is 10.6 Å². The van der Waals surface area contributed by atoms with Crippen LogP contribution < -0.4 is 15.4 Å². The second-order valence-corrected chi connectivity index (χ2v) is 6.88. The van der Waals surface area contributed by atoms with Crippen LogP contribution in [0.2, 0.25) is 5.02 Å². The standard InChI is InChI=1S/C18H18BrClN2O3/c1-10-8-14(20)5-7-17(10)25-11(2)18(24)22-16-9-13(19)4-6-15(16)21-12(3)23/h4-9,11H,1-3H3,(H,21,23)(H,22,24). The van der Waals surface area contributed by atoms with Gasteiger partial charge in [0.1, 0.15) is 5.75 Å². The summed E-state index contributed by atoms with van der Waals surface area (Å²) in [5.74, 6) is 0.0290. The Hall–Kier alpha value is -2.05. The van der Waals surface area contributed by atoms with Crippen LogP contribution in [0.15, 0.2) is 40.9 Å². The summed E-state index contributed by atoms with van der Waals surface area (Å²) in [6, 6.07) is 10.4. The molecule has 0 aromatic heterocycles. The van der Waals surface area contributed by atoms with Crippen molar-refractivity contribution in [3.05, 3.63) is 51.5 Å². The second-order valence-electron chi connectivity index (χ2n) is 5.53. The van der Waals surface area contributed by atoms with Crippen molar-refractivity contribution < 1.29 is 14.3 Å². The third-order valence-electron chi connectivity index (χ3n) is 3.36. The van der Waals surface area contributed by atoms with E-state index in [0.29, 0.717) is 22.1 Å². The molecular weight excluding hydrogens is 408 g/mol. The van der Waals surface area contributed by atoms with Crippen molar-refractivity contribution in [1.82, 2.24) is 0 Å². The molecule has 2 aromatic rings. The molecular formula is C18H18BrClN2O3. The fourth-order valence-corrected chi connectivity index (χ4v) is 2.73. The van der Waals surface area contributed by atoms with E-state index in [1.807, 2.05) is 6.92 Å². The summed E-state index contributed by atoms with van der Waals surface area (Å²) >= 11 is 9.28. The number of carbonyl (C=O) groups excluding carboxylic acids is 2. The lowest BCUT2D eigenvalue weighted by atomic mass is 10.2. The summed E-state index contributed by atoms with van der Waals surface area (Å²) in [4.78, 5) is 23.8. The van der Waals surface area contributed by atoms with E-state index in [9.17, 15) is 9.59 Å². The van der Waals surface area contributed by atoms with E-state index < -0.39 is 6.10 Å². The number of rotatable bonds is 5. The molecule has 25 heavy (non-hydrogen) atoms. The van der Waals surface area contributed by atoms with Gasteiger partial charge in [0.15, 0.2) is 6.10 Å². The number of hydrogen-bond acceptors (Lipinski definition) is 3. The van der Waals surface area contributed by atoms with Gasteiger partial charge in [0.05, 0.1) is 11.4 Å². The van der Waals surface area contributed by atoms with Crippen molar-refractivity contribution in [1.29, 1.82) is 0 Å². The number of halogens is 2. The Morgan fingerprint density at radius 3 is 2.48 bits per heavy atom. The van der Waals surface area contributed by atoms with Crippen LogP contribution in [0.5, 0.6) is 5.75 Å². The van der Waals surface area contributed by atoms with Gasteiger partial charge in [-0.2, -0.15) is 0 Å². The van der Waals surface area contributed by atoms with Crippen LogP contribution >= 0.6 is 27.5 Å². The van der Waals surface area contributed by atoms with Crippen molar-refractivity contribution in [3.8, 4) is 5.75 Å². The van der Waals surface area contributed by atoms with Gasteiger partial charge >= 0.3 is 0 Å². The molecule has 0 bridgehead atoms. The molecule has 2 N–H and O–H groups in total. The van der Waals surface area contributed by atoms with Crippen LogP contribution in [0.25, 0.3) is 0 Å². The van der Waals surface area contributed by atoms with Gasteiger partial charge in [-0.25, -0.2) is 0 Å². The SMILES string of the molecule is CC(=O)Nc1ccc(Br)cc1NC(=O)C(C)Oc1ccc(Cl)cc1C. The number of nitrogens with one attached hydrogen (secondary N) is 2. The number of carbonyl (C=O) groups is 2. The number of aryl methyl sites for hydroxylation is 1. The lowest BCUT2D eigenvalue weighted by molar-refractivity contribution is -0.122. The normalized spacial score (nSPS) is 11.6. The Labute approximate surface area is 159 Å². The molecule has 5 nitrogen and oxygen atoms in total. The molecule has 1 unspecified atom stereocenters. The average molecular weight is 426 g/mol. The Morgan fingerprint density at radius 1 is 1.12 bits per heavy atom. The summed E-state index contributed by atoms with van der Waals surface area (Å²) in [5, 5.41) is 6.06. The summed E-state index contributed by atoms with van der Waals surface area (Å²) in [7, 11) is 0. The van der Waals surface area contributed by atoms with Crippen molar-refractivity contribution in [2.45, 2.75) is 26.9 Å². The number of amides is 2. The van der Waals surface area contributed by atoms with Gasteiger partial charge in [-0.05, 0) is 55.8 Å².